The van der Waals surface area contributed by atoms with Crippen molar-refractivity contribution < 1.29 is 9.59 Å². The number of thiocarbonyl (C=S) groups is 1. The van der Waals surface area contributed by atoms with Crippen molar-refractivity contribution in [2.45, 2.75) is 13.3 Å². The van der Waals surface area contributed by atoms with Crippen molar-refractivity contribution in [2.24, 2.45) is 10.9 Å². The number of aryl methyl sites for hydroxylation is 1. The Balaban J connectivity index is 1.86. The minimum absolute atomic E-state index is 0.0698. The fourth-order valence-electron chi connectivity index (χ4n) is 2.53. The minimum Gasteiger partial charge on any atom is -0.301 e. The Bertz CT molecular complexity index is 879. The molecule has 3 rings (SSSR count). The first-order chi connectivity index (χ1) is 12.5. The van der Waals surface area contributed by atoms with Crippen LogP contribution in [0.15, 0.2) is 53.5 Å². The van der Waals surface area contributed by atoms with E-state index in [0.29, 0.717) is 16.4 Å². The summed E-state index contributed by atoms with van der Waals surface area (Å²) in [5, 5.41) is 3.22. The van der Waals surface area contributed by atoms with Crippen LogP contribution in [0.25, 0.3) is 0 Å². The second-order valence-corrected chi connectivity index (χ2v) is 6.54. The first kappa shape index (κ1) is 18.2. The largest absolute Gasteiger partial charge is 0.301 e. The zero-order valence-corrected chi connectivity index (χ0v) is 15.6. The number of amides is 2. The maximum atomic E-state index is 12.8. The molecule has 2 aromatic rings. The molecule has 0 bridgehead atoms. The van der Waals surface area contributed by atoms with Gasteiger partial charge in [0.05, 0.1) is 11.4 Å². The summed E-state index contributed by atoms with van der Waals surface area (Å²) >= 11 is 11.0. The number of hydrogen-bond donors (Lipinski definition) is 1. The third-order valence-electron chi connectivity index (χ3n) is 4.00. The average molecular weight is 386 g/mol. The standard InChI is InChI=1S/C19H16ClN3O2S/c1-2-12-3-9-15(10-4-12)23-18(25)16(17(24)22-19(23)26)11-21-14-7-5-13(20)6-8-14/h3-11,16H,2H2,1H3,(H,22,24,26)/t16-/m1/s1. The maximum absolute atomic E-state index is 12.8. The summed E-state index contributed by atoms with van der Waals surface area (Å²) in [6.45, 7) is 2.05. The molecule has 1 saturated heterocycles. The molecule has 5 nitrogen and oxygen atoms in total. The van der Waals surface area contributed by atoms with Gasteiger partial charge in [-0.3, -0.25) is 19.5 Å². The predicted octanol–water partition coefficient (Wildman–Crippen LogP) is 3.67. The molecule has 26 heavy (non-hydrogen) atoms. The van der Waals surface area contributed by atoms with E-state index in [1.165, 1.54) is 11.1 Å². The van der Waals surface area contributed by atoms with E-state index in [9.17, 15) is 9.59 Å². The lowest BCUT2D eigenvalue weighted by atomic mass is 10.1. The van der Waals surface area contributed by atoms with Gasteiger partial charge in [-0.25, -0.2) is 0 Å². The molecule has 132 valence electrons. The molecule has 0 aromatic heterocycles. The minimum atomic E-state index is -1.05. The molecule has 2 amide bonds. The molecule has 0 unspecified atom stereocenters. The topological polar surface area (TPSA) is 61.8 Å². The number of rotatable bonds is 4. The monoisotopic (exact) mass is 385 g/mol. The van der Waals surface area contributed by atoms with Crippen LogP contribution in [0.2, 0.25) is 5.02 Å². The number of anilines is 1. The van der Waals surface area contributed by atoms with Crippen LogP contribution in [0.5, 0.6) is 0 Å². The lowest BCUT2D eigenvalue weighted by Crippen LogP contribution is -2.58. The first-order valence-electron chi connectivity index (χ1n) is 8.07. The second kappa shape index (κ2) is 7.76. The van der Waals surface area contributed by atoms with Crippen molar-refractivity contribution in [3.63, 3.8) is 0 Å². The summed E-state index contributed by atoms with van der Waals surface area (Å²) in [6, 6.07) is 14.3. The van der Waals surface area contributed by atoms with E-state index in [0.717, 1.165) is 12.0 Å². The van der Waals surface area contributed by atoms with E-state index in [4.69, 9.17) is 23.8 Å². The highest BCUT2D eigenvalue weighted by Crippen LogP contribution is 2.22. The summed E-state index contributed by atoms with van der Waals surface area (Å²) in [7, 11) is 0. The van der Waals surface area contributed by atoms with Crippen molar-refractivity contribution >= 4 is 58.3 Å². The Morgan fingerprint density at radius 1 is 1.15 bits per heavy atom. The van der Waals surface area contributed by atoms with Gasteiger partial charge in [-0.1, -0.05) is 30.7 Å². The van der Waals surface area contributed by atoms with Crippen LogP contribution in [0, 0.1) is 5.92 Å². The zero-order chi connectivity index (χ0) is 18.7. The van der Waals surface area contributed by atoms with Gasteiger partial charge in [-0.15, -0.1) is 0 Å². The molecular formula is C19H16ClN3O2S. The predicted molar refractivity (Wildman–Crippen MR) is 107 cm³/mol. The van der Waals surface area contributed by atoms with E-state index in [1.54, 1.807) is 24.3 Å². The van der Waals surface area contributed by atoms with E-state index in [-0.39, 0.29) is 5.11 Å². The molecule has 1 heterocycles. The van der Waals surface area contributed by atoms with Crippen molar-refractivity contribution in [3.05, 3.63) is 59.1 Å². The molecule has 1 atom stereocenters. The Labute approximate surface area is 161 Å². The normalized spacial score (nSPS) is 17.7. The maximum Gasteiger partial charge on any atom is 0.251 e. The molecule has 1 N–H and O–H groups in total. The second-order valence-electron chi connectivity index (χ2n) is 5.72. The number of carbonyl (C=O) groups is 2. The number of hydrogen-bond acceptors (Lipinski definition) is 4. The molecular weight excluding hydrogens is 370 g/mol. The van der Waals surface area contributed by atoms with Gasteiger partial charge in [0.15, 0.2) is 11.0 Å². The van der Waals surface area contributed by atoms with Crippen LogP contribution in [0.1, 0.15) is 12.5 Å². The van der Waals surface area contributed by atoms with E-state index in [2.05, 4.69) is 17.2 Å². The van der Waals surface area contributed by atoms with E-state index in [1.807, 2.05) is 24.3 Å². The van der Waals surface area contributed by atoms with Crippen LogP contribution < -0.4 is 10.2 Å². The fourth-order valence-corrected chi connectivity index (χ4v) is 2.96. The molecule has 1 aliphatic rings. The third kappa shape index (κ3) is 3.81. The summed E-state index contributed by atoms with van der Waals surface area (Å²) in [5.74, 6) is -1.97. The molecule has 0 spiro atoms. The molecule has 7 heteroatoms. The molecule has 1 aliphatic heterocycles. The van der Waals surface area contributed by atoms with Gasteiger partial charge in [-0.2, -0.15) is 0 Å². The van der Waals surface area contributed by atoms with Gasteiger partial charge in [0.2, 0.25) is 5.91 Å². The van der Waals surface area contributed by atoms with Gasteiger partial charge in [0.1, 0.15) is 0 Å². The summed E-state index contributed by atoms with van der Waals surface area (Å²) in [6.07, 6.45) is 2.22. The third-order valence-corrected chi connectivity index (χ3v) is 4.54. The first-order valence-corrected chi connectivity index (χ1v) is 8.85. The van der Waals surface area contributed by atoms with Gasteiger partial charge >= 0.3 is 0 Å². The van der Waals surface area contributed by atoms with Gasteiger partial charge in [-0.05, 0) is 60.6 Å². The lowest BCUT2D eigenvalue weighted by molar-refractivity contribution is -0.130. The number of nitrogens with one attached hydrogen (secondary N) is 1. The molecule has 2 aromatic carbocycles. The Hall–Kier alpha value is -2.57. The van der Waals surface area contributed by atoms with Crippen LogP contribution in [0.3, 0.4) is 0 Å². The fraction of sp³-hybridized carbons (Fsp3) is 0.158. The zero-order valence-electron chi connectivity index (χ0n) is 14.0. The summed E-state index contributed by atoms with van der Waals surface area (Å²) < 4.78 is 0. The van der Waals surface area contributed by atoms with Gasteiger partial charge in [0, 0.05) is 11.2 Å². The van der Waals surface area contributed by atoms with Crippen molar-refractivity contribution in [2.75, 3.05) is 4.90 Å². The Morgan fingerprint density at radius 2 is 1.81 bits per heavy atom. The van der Waals surface area contributed by atoms with Crippen LogP contribution >= 0.6 is 23.8 Å². The highest BCUT2D eigenvalue weighted by atomic mass is 35.5. The van der Waals surface area contributed by atoms with Crippen molar-refractivity contribution in [3.8, 4) is 0 Å². The van der Waals surface area contributed by atoms with Crippen LogP contribution in [-0.4, -0.2) is 23.1 Å². The molecule has 0 aliphatic carbocycles. The number of aliphatic imine (C=N–C) groups is 1. The number of nitrogens with zero attached hydrogens (tertiary/aromatic N) is 2. The quantitative estimate of drug-likeness (QED) is 0.496. The average Bonchev–Trinajstić information content (AvgIpc) is 2.63. The van der Waals surface area contributed by atoms with Crippen LogP contribution in [0.4, 0.5) is 11.4 Å². The number of carbonyl (C=O) groups excluding carboxylic acids is 2. The van der Waals surface area contributed by atoms with Gasteiger partial charge in [0.25, 0.3) is 5.91 Å². The van der Waals surface area contributed by atoms with Crippen molar-refractivity contribution in [1.29, 1.82) is 0 Å². The van der Waals surface area contributed by atoms with Gasteiger partial charge < -0.3 is 5.32 Å². The van der Waals surface area contributed by atoms with Crippen LogP contribution in [-0.2, 0) is 16.0 Å². The summed E-state index contributed by atoms with van der Waals surface area (Å²) in [4.78, 5) is 30.6. The highest BCUT2D eigenvalue weighted by molar-refractivity contribution is 7.80. The van der Waals surface area contributed by atoms with E-state index >= 15 is 0 Å². The number of halogens is 1. The van der Waals surface area contributed by atoms with Crippen molar-refractivity contribution in [1.82, 2.24) is 5.32 Å². The van der Waals surface area contributed by atoms with E-state index < -0.39 is 17.7 Å². The SMILES string of the molecule is CCc1ccc(N2C(=O)[C@H](C=Nc3ccc(Cl)cc3)C(=O)NC2=S)cc1. The number of benzene rings is 2. The molecule has 0 saturated carbocycles. The molecule has 1 fully saturated rings. The summed E-state index contributed by atoms with van der Waals surface area (Å²) in [5.41, 5.74) is 2.36. The Morgan fingerprint density at radius 3 is 2.42 bits per heavy atom. The lowest BCUT2D eigenvalue weighted by Gasteiger charge is -2.31. The Kier molecular flexibility index (Phi) is 5.44. The molecule has 0 radical (unpaired) electrons. The smallest absolute Gasteiger partial charge is 0.251 e. The highest BCUT2D eigenvalue weighted by Gasteiger charge is 2.38.